The van der Waals surface area contributed by atoms with E-state index in [-0.39, 0.29) is 0 Å². The minimum atomic E-state index is 0.576. The molecule has 0 unspecified atom stereocenters. The third-order valence-corrected chi connectivity index (χ3v) is 9.23. The van der Waals surface area contributed by atoms with E-state index in [9.17, 15) is 5.26 Å². The number of pyridine rings is 2. The van der Waals surface area contributed by atoms with Gasteiger partial charge in [-0.25, -0.2) is 15.0 Å². The lowest BCUT2D eigenvalue weighted by atomic mass is 9.97. The minimum Gasteiger partial charge on any atom is -0.292 e. The summed E-state index contributed by atoms with van der Waals surface area (Å²) in [6.45, 7) is 0. The van der Waals surface area contributed by atoms with Crippen molar-refractivity contribution in [1.82, 2.24) is 29.5 Å². The predicted octanol–water partition coefficient (Wildman–Crippen LogP) is 10.5. The average molecular weight is 680 g/mol. The van der Waals surface area contributed by atoms with E-state index in [2.05, 4.69) is 87.3 Å². The number of imidazole rings is 1. The SMILES string of the molecule is N#Cc1ccc(-c2ccc(-c3cc(-c4cc(-c5cccnc5)cc(-c5nc6ccccc6n5-c5ccccc5)c4)nc(-c4cccnc4)n3)cc2)cc1. The van der Waals surface area contributed by atoms with E-state index in [1.165, 1.54) is 0 Å². The Balaban J connectivity index is 1.23. The molecule has 0 saturated heterocycles. The Morgan fingerprint density at radius 3 is 1.75 bits per heavy atom. The molecule has 0 radical (unpaired) electrons. The van der Waals surface area contributed by atoms with Crippen LogP contribution in [0, 0.1) is 11.3 Å². The van der Waals surface area contributed by atoms with Crippen LogP contribution in [0.5, 0.6) is 0 Å². The Kier molecular flexibility index (Phi) is 8.08. The van der Waals surface area contributed by atoms with Crippen LogP contribution in [-0.2, 0) is 0 Å². The van der Waals surface area contributed by atoms with Gasteiger partial charge in [-0.2, -0.15) is 5.26 Å². The van der Waals surface area contributed by atoms with Crippen LogP contribution < -0.4 is 0 Å². The fourth-order valence-electron chi connectivity index (χ4n) is 6.60. The normalized spacial score (nSPS) is 11.0. The number of fused-ring (bicyclic) bond motifs is 1. The van der Waals surface area contributed by atoms with Gasteiger partial charge < -0.3 is 0 Å². The van der Waals surface area contributed by atoms with E-state index in [4.69, 9.17) is 15.0 Å². The molecule has 0 aliphatic carbocycles. The molecule has 248 valence electrons. The predicted molar refractivity (Wildman–Crippen MR) is 210 cm³/mol. The maximum atomic E-state index is 9.23. The highest BCUT2D eigenvalue weighted by Crippen LogP contribution is 2.36. The second-order valence-electron chi connectivity index (χ2n) is 12.6. The van der Waals surface area contributed by atoms with Gasteiger partial charge in [-0.15, -0.1) is 0 Å². The smallest absolute Gasteiger partial charge is 0.161 e. The molecule has 7 heteroatoms. The minimum absolute atomic E-state index is 0.576. The van der Waals surface area contributed by atoms with Crippen molar-refractivity contribution in [1.29, 1.82) is 5.26 Å². The summed E-state index contributed by atoms with van der Waals surface area (Å²) in [7, 11) is 0. The zero-order valence-electron chi connectivity index (χ0n) is 28.4. The quantitative estimate of drug-likeness (QED) is 0.166. The summed E-state index contributed by atoms with van der Waals surface area (Å²) in [5.74, 6) is 1.40. The van der Waals surface area contributed by atoms with Crippen LogP contribution in [0.3, 0.4) is 0 Å². The van der Waals surface area contributed by atoms with Gasteiger partial charge >= 0.3 is 0 Å². The van der Waals surface area contributed by atoms with E-state index >= 15 is 0 Å². The van der Waals surface area contributed by atoms with Crippen LogP contribution >= 0.6 is 0 Å². The third-order valence-electron chi connectivity index (χ3n) is 9.23. The number of benzene rings is 5. The standard InChI is InChI=1S/C46H29N7/c47-28-31-14-16-32(17-15-31)33-18-20-34(21-19-33)42-27-43(51-45(50-42)36-9-7-23-49-30-36)38-24-37(35-8-6-22-48-29-35)25-39(26-38)46-52-41-12-4-5-13-44(41)53(46)40-10-2-1-3-11-40/h1-27,29-30H. The van der Waals surface area contributed by atoms with Gasteiger partial charge in [0.2, 0.25) is 0 Å². The van der Waals surface area contributed by atoms with Gasteiger partial charge in [0.1, 0.15) is 5.82 Å². The zero-order valence-corrected chi connectivity index (χ0v) is 28.4. The Labute approximate surface area is 306 Å². The van der Waals surface area contributed by atoms with Crippen molar-refractivity contribution >= 4 is 11.0 Å². The Bertz CT molecular complexity index is 2750. The Hall–Kier alpha value is -7.56. The molecule has 0 spiro atoms. The molecule has 0 aliphatic rings. The molecule has 0 fully saturated rings. The van der Waals surface area contributed by atoms with Crippen molar-refractivity contribution in [2.24, 2.45) is 0 Å². The van der Waals surface area contributed by atoms with E-state index in [1.54, 1.807) is 18.6 Å². The fourth-order valence-corrected chi connectivity index (χ4v) is 6.60. The lowest BCUT2D eigenvalue weighted by molar-refractivity contribution is 1.10. The summed E-state index contributed by atoms with van der Waals surface area (Å²) in [6.07, 6.45) is 7.20. The van der Waals surface area contributed by atoms with Gasteiger partial charge in [0, 0.05) is 58.3 Å². The van der Waals surface area contributed by atoms with Crippen molar-refractivity contribution in [2.45, 2.75) is 0 Å². The Morgan fingerprint density at radius 1 is 0.453 bits per heavy atom. The van der Waals surface area contributed by atoms with E-state index < -0.39 is 0 Å². The third kappa shape index (κ3) is 6.22. The average Bonchev–Trinajstić information content (AvgIpc) is 3.64. The molecule has 0 amide bonds. The molecule has 0 atom stereocenters. The second-order valence-corrected chi connectivity index (χ2v) is 12.6. The molecule has 0 aliphatic heterocycles. The van der Waals surface area contributed by atoms with Crippen LogP contribution in [0.1, 0.15) is 5.56 Å². The fraction of sp³-hybridized carbons (Fsp3) is 0. The van der Waals surface area contributed by atoms with Crippen LogP contribution in [0.25, 0.3) is 84.3 Å². The lowest BCUT2D eigenvalue weighted by Crippen LogP contribution is -1.99. The zero-order chi connectivity index (χ0) is 35.6. The highest BCUT2D eigenvalue weighted by atomic mass is 15.1. The number of para-hydroxylation sites is 3. The van der Waals surface area contributed by atoms with Crippen LogP contribution in [0.15, 0.2) is 176 Å². The maximum Gasteiger partial charge on any atom is 0.161 e. The first-order valence-electron chi connectivity index (χ1n) is 17.2. The highest BCUT2D eigenvalue weighted by molar-refractivity contribution is 5.86. The summed E-state index contributed by atoms with van der Waals surface area (Å²) in [5.41, 5.74) is 12.8. The second kappa shape index (κ2) is 13.6. The van der Waals surface area contributed by atoms with Crippen molar-refractivity contribution in [2.75, 3.05) is 0 Å². The van der Waals surface area contributed by atoms with E-state index in [1.807, 2.05) is 91.1 Å². The first-order valence-corrected chi connectivity index (χ1v) is 17.2. The first kappa shape index (κ1) is 31.4. The molecule has 7 nitrogen and oxygen atoms in total. The van der Waals surface area contributed by atoms with Gasteiger partial charge in [-0.05, 0) is 95.6 Å². The topological polar surface area (TPSA) is 93.2 Å². The molecule has 4 heterocycles. The molecule has 53 heavy (non-hydrogen) atoms. The molecule has 0 saturated carbocycles. The molecule has 5 aromatic carbocycles. The van der Waals surface area contributed by atoms with Gasteiger partial charge in [0.05, 0.1) is 34.1 Å². The van der Waals surface area contributed by atoms with Gasteiger partial charge in [-0.1, -0.05) is 72.8 Å². The number of rotatable bonds is 7. The van der Waals surface area contributed by atoms with Crippen LogP contribution in [-0.4, -0.2) is 29.5 Å². The van der Waals surface area contributed by atoms with Crippen molar-refractivity contribution < 1.29 is 0 Å². The molecule has 0 bridgehead atoms. The van der Waals surface area contributed by atoms with Crippen molar-refractivity contribution in [3.63, 3.8) is 0 Å². The molecule has 0 N–H and O–H groups in total. The highest BCUT2D eigenvalue weighted by Gasteiger charge is 2.18. The number of hydrogen-bond acceptors (Lipinski definition) is 6. The van der Waals surface area contributed by atoms with Crippen LogP contribution in [0.4, 0.5) is 0 Å². The van der Waals surface area contributed by atoms with Gasteiger partial charge in [-0.3, -0.25) is 14.5 Å². The summed E-state index contributed by atoms with van der Waals surface area (Å²) < 4.78 is 2.21. The Morgan fingerprint density at radius 2 is 1.06 bits per heavy atom. The number of aromatic nitrogens is 6. The molecular formula is C46H29N7. The number of nitriles is 1. The lowest BCUT2D eigenvalue weighted by Gasteiger charge is -2.14. The van der Waals surface area contributed by atoms with Gasteiger partial charge in [0.15, 0.2) is 5.82 Å². The molecule has 4 aromatic heterocycles. The first-order chi connectivity index (χ1) is 26.2. The maximum absolute atomic E-state index is 9.23. The molecule has 9 rings (SSSR count). The summed E-state index contributed by atoms with van der Waals surface area (Å²) in [6, 6.07) is 53.1. The van der Waals surface area contributed by atoms with E-state index in [0.717, 1.165) is 78.4 Å². The van der Waals surface area contributed by atoms with Crippen molar-refractivity contribution in [3.8, 4) is 79.3 Å². The molecule has 9 aromatic rings. The summed E-state index contributed by atoms with van der Waals surface area (Å²) in [4.78, 5) is 24.2. The summed E-state index contributed by atoms with van der Waals surface area (Å²) >= 11 is 0. The largest absolute Gasteiger partial charge is 0.292 e. The van der Waals surface area contributed by atoms with E-state index in [0.29, 0.717) is 11.4 Å². The van der Waals surface area contributed by atoms with Crippen LogP contribution in [0.2, 0.25) is 0 Å². The number of hydrogen-bond donors (Lipinski definition) is 0. The summed E-state index contributed by atoms with van der Waals surface area (Å²) in [5, 5.41) is 9.23. The number of nitrogens with zero attached hydrogens (tertiary/aromatic N) is 7. The van der Waals surface area contributed by atoms with Gasteiger partial charge in [0.25, 0.3) is 0 Å². The van der Waals surface area contributed by atoms with Crippen molar-refractivity contribution in [3.05, 3.63) is 182 Å². The molecular weight excluding hydrogens is 651 g/mol. The monoisotopic (exact) mass is 679 g/mol.